The number of hydrogen-bond donors (Lipinski definition) is 3. The van der Waals surface area contributed by atoms with Crippen LogP contribution in [0.1, 0.15) is 28.7 Å². The fraction of sp³-hybridized carbons (Fsp3) is 0.214. The fourth-order valence-corrected chi connectivity index (χ4v) is 2.12. The van der Waals surface area contributed by atoms with Crippen molar-refractivity contribution < 1.29 is 13.6 Å². The molecule has 24 heavy (non-hydrogen) atoms. The van der Waals surface area contributed by atoms with Crippen molar-refractivity contribution >= 4 is 22.8 Å². The van der Waals surface area contributed by atoms with Crippen molar-refractivity contribution in [1.82, 2.24) is 30.5 Å². The summed E-state index contributed by atoms with van der Waals surface area (Å²) >= 11 is 0. The van der Waals surface area contributed by atoms with Gasteiger partial charge in [-0.2, -0.15) is 13.9 Å². The van der Waals surface area contributed by atoms with E-state index in [0.717, 1.165) is 6.92 Å². The van der Waals surface area contributed by atoms with Gasteiger partial charge in [-0.25, -0.2) is 9.97 Å². The minimum absolute atomic E-state index is 0.0412. The van der Waals surface area contributed by atoms with E-state index in [-0.39, 0.29) is 23.8 Å². The van der Waals surface area contributed by atoms with E-state index in [1.807, 2.05) is 0 Å². The van der Waals surface area contributed by atoms with Crippen LogP contribution in [0.2, 0.25) is 0 Å². The highest BCUT2D eigenvalue weighted by molar-refractivity contribution is 6.04. The Morgan fingerprint density at radius 3 is 2.92 bits per heavy atom. The molecule has 0 unspecified atom stereocenters. The molecule has 0 saturated heterocycles. The van der Waals surface area contributed by atoms with Crippen molar-refractivity contribution in [2.45, 2.75) is 19.4 Å². The van der Waals surface area contributed by atoms with Crippen molar-refractivity contribution in [2.75, 3.05) is 5.73 Å². The number of anilines is 1. The maximum Gasteiger partial charge on any atom is 0.286 e. The molecule has 1 amide bonds. The van der Waals surface area contributed by atoms with E-state index in [1.54, 1.807) is 6.07 Å². The number of halogens is 2. The number of H-pyrrole nitrogens is 1. The van der Waals surface area contributed by atoms with Crippen LogP contribution >= 0.6 is 0 Å². The summed E-state index contributed by atoms with van der Waals surface area (Å²) in [5, 5.41) is 8.97. The first kappa shape index (κ1) is 15.7. The number of nitrogens with zero attached hydrogens (tertiary/aromatic N) is 4. The highest BCUT2D eigenvalue weighted by Crippen LogP contribution is 2.25. The summed E-state index contributed by atoms with van der Waals surface area (Å²) in [6, 6.07) is 2.78. The first-order chi connectivity index (χ1) is 11.4. The van der Waals surface area contributed by atoms with E-state index in [1.165, 1.54) is 18.6 Å². The fourth-order valence-electron chi connectivity index (χ4n) is 2.12. The number of aromatic amines is 1. The second-order valence-electron chi connectivity index (χ2n) is 5.18. The van der Waals surface area contributed by atoms with Crippen LogP contribution in [0.25, 0.3) is 11.0 Å². The number of nitrogens with two attached hydrogens (primary N) is 1. The Hall–Kier alpha value is -3.17. The summed E-state index contributed by atoms with van der Waals surface area (Å²) < 4.78 is 26.6. The van der Waals surface area contributed by atoms with Crippen LogP contribution < -0.4 is 11.1 Å². The smallest absolute Gasteiger partial charge is 0.286 e. The van der Waals surface area contributed by atoms with Gasteiger partial charge in [-0.1, -0.05) is 0 Å². The lowest BCUT2D eigenvalue weighted by molar-refractivity contribution is 0.0127. The number of hydrogen-bond acceptors (Lipinski definition) is 6. The zero-order valence-corrected chi connectivity index (χ0v) is 12.5. The topological polar surface area (TPSA) is 122 Å². The SMILES string of the molecule is CC(F)(F)c1cc(CNC(=O)c2ncnc3c(N)n[nH]c23)ccn1. The maximum atomic E-state index is 13.3. The van der Waals surface area contributed by atoms with E-state index >= 15 is 0 Å². The van der Waals surface area contributed by atoms with Crippen LogP contribution in [0, 0.1) is 0 Å². The van der Waals surface area contributed by atoms with Crippen LogP contribution in [-0.2, 0) is 12.5 Å². The number of nitrogen functional groups attached to an aromatic ring is 1. The largest absolute Gasteiger partial charge is 0.380 e. The van der Waals surface area contributed by atoms with Crippen molar-refractivity contribution in [3.8, 4) is 0 Å². The van der Waals surface area contributed by atoms with E-state index in [0.29, 0.717) is 16.6 Å². The van der Waals surface area contributed by atoms with Crippen LogP contribution in [0.5, 0.6) is 0 Å². The van der Waals surface area contributed by atoms with E-state index in [4.69, 9.17) is 5.73 Å². The average Bonchev–Trinajstić information content (AvgIpc) is 2.93. The third-order valence-electron chi connectivity index (χ3n) is 3.32. The van der Waals surface area contributed by atoms with Gasteiger partial charge in [0.05, 0.1) is 0 Å². The Bertz CT molecular complexity index is 904. The number of rotatable bonds is 4. The molecule has 4 N–H and O–H groups in total. The monoisotopic (exact) mass is 333 g/mol. The molecule has 0 fully saturated rings. The number of pyridine rings is 1. The molecule has 0 radical (unpaired) electrons. The molecule has 0 aliphatic carbocycles. The second-order valence-corrected chi connectivity index (χ2v) is 5.18. The van der Waals surface area contributed by atoms with Gasteiger partial charge in [-0.05, 0) is 17.7 Å². The van der Waals surface area contributed by atoms with Crippen LogP contribution in [0.4, 0.5) is 14.6 Å². The zero-order valence-electron chi connectivity index (χ0n) is 12.5. The summed E-state index contributed by atoms with van der Waals surface area (Å²) in [6.07, 6.45) is 2.47. The third kappa shape index (κ3) is 2.98. The predicted octanol–water partition coefficient (Wildman–Crippen LogP) is 1.37. The number of carbonyl (C=O) groups excluding carboxylic acids is 1. The molecule has 0 aliphatic rings. The van der Waals surface area contributed by atoms with Crippen molar-refractivity contribution in [2.24, 2.45) is 0 Å². The van der Waals surface area contributed by atoms with Crippen LogP contribution in [-0.4, -0.2) is 31.1 Å². The molecule has 3 aromatic heterocycles. The normalized spacial score (nSPS) is 11.6. The van der Waals surface area contributed by atoms with Gasteiger partial charge in [-0.3, -0.25) is 14.9 Å². The molecule has 124 valence electrons. The van der Waals surface area contributed by atoms with Gasteiger partial charge in [0, 0.05) is 19.7 Å². The molecule has 0 atom stereocenters. The lowest BCUT2D eigenvalue weighted by Crippen LogP contribution is -2.24. The van der Waals surface area contributed by atoms with Crippen molar-refractivity contribution in [3.63, 3.8) is 0 Å². The average molecular weight is 333 g/mol. The highest BCUT2D eigenvalue weighted by atomic mass is 19.3. The minimum atomic E-state index is -3.05. The second kappa shape index (κ2) is 5.80. The summed E-state index contributed by atoms with van der Waals surface area (Å²) in [5.74, 6) is -3.40. The standard InChI is InChI=1S/C14H13F2N7O/c1-14(15,16)8-4-7(2-3-18-8)5-19-13(24)11-9-10(20-6-21-11)12(17)23-22-9/h2-4,6H,5H2,1H3,(H,19,24)(H3,17,22,23). The molecular weight excluding hydrogens is 320 g/mol. The molecule has 0 aromatic carbocycles. The lowest BCUT2D eigenvalue weighted by atomic mass is 10.1. The van der Waals surface area contributed by atoms with Gasteiger partial charge in [0.1, 0.15) is 23.1 Å². The Balaban J connectivity index is 1.78. The van der Waals surface area contributed by atoms with Gasteiger partial charge < -0.3 is 11.1 Å². The van der Waals surface area contributed by atoms with Crippen molar-refractivity contribution in [3.05, 3.63) is 41.6 Å². The highest BCUT2D eigenvalue weighted by Gasteiger charge is 2.26. The number of alkyl halides is 2. The van der Waals surface area contributed by atoms with E-state index in [2.05, 4.69) is 30.5 Å². The number of nitrogens with one attached hydrogen (secondary N) is 2. The number of carbonyl (C=O) groups is 1. The quantitative estimate of drug-likeness (QED) is 0.663. The molecule has 0 aliphatic heterocycles. The molecule has 10 heteroatoms. The molecule has 3 rings (SSSR count). The first-order valence-corrected chi connectivity index (χ1v) is 6.92. The predicted molar refractivity (Wildman–Crippen MR) is 81.1 cm³/mol. The Morgan fingerprint density at radius 2 is 2.17 bits per heavy atom. The summed E-state index contributed by atoms with van der Waals surface area (Å²) in [5.41, 5.74) is 6.47. The number of aromatic nitrogens is 5. The molecule has 8 nitrogen and oxygen atoms in total. The van der Waals surface area contributed by atoms with Gasteiger partial charge in [0.15, 0.2) is 11.5 Å². The Morgan fingerprint density at radius 1 is 1.38 bits per heavy atom. The molecule has 3 heterocycles. The van der Waals surface area contributed by atoms with E-state index < -0.39 is 11.8 Å². The first-order valence-electron chi connectivity index (χ1n) is 6.92. The summed E-state index contributed by atoms with van der Waals surface area (Å²) in [6.45, 7) is 0.803. The molecule has 0 spiro atoms. The number of amides is 1. The molecule has 0 saturated carbocycles. The minimum Gasteiger partial charge on any atom is -0.380 e. The van der Waals surface area contributed by atoms with E-state index in [9.17, 15) is 13.6 Å². The van der Waals surface area contributed by atoms with Gasteiger partial charge in [0.25, 0.3) is 11.8 Å². The Kier molecular flexibility index (Phi) is 3.80. The van der Waals surface area contributed by atoms with Crippen LogP contribution in [0.3, 0.4) is 0 Å². The summed E-state index contributed by atoms with van der Waals surface area (Å²) in [4.78, 5) is 23.7. The zero-order chi connectivity index (χ0) is 17.3. The van der Waals surface area contributed by atoms with Gasteiger partial charge >= 0.3 is 0 Å². The third-order valence-corrected chi connectivity index (χ3v) is 3.32. The summed E-state index contributed by atoms with van der Waals surface area (Å²) in [7, 11) is 0. The molecular formula is C14H13F2N7O. The molecule has 0 bridgehead atoms. The molecule has 3 aromatic rings. The maximum absolute atomic E-state index is 13.3. The van der Waals surface area contributed by atoms with Crippen molar-refractivity contribution in [1.29, 1.82) is 0 Å². The number of fused-ring (bicyclic) bond motifs is 1. The van der Waals surface area contributed by atoms with Gasteiger partial charge in [0.2, 0.25) is 0 Å². The van der Waals surface area contributed by atoms with Crippen LogP contribution in [0.15, 0.2) is 24.7 Å². The van der Waals surface area contributed by atoms with Gasteiger partial charge in [-0.15, -0.1) is 0 Å². The Labute approximate surface area is 134 Å². The lowest BCUT2D eigenvalue weighted by Gasteiger charge is -2.11.